The Morgan fingerprint density at radius 1 is 1.40 bits per heavy atom. The van der Waals surface area contributed by atoms with Crippen LogP contribution in [0.15, 0.2) is 18.2 Å². The number of likely N-dealkylation sites (tertiary alicyclic amines) is 1. The quantitative estimate of drug-likeness (QED) is 0.464. The van der Waals surface area contributed by atoms with Gasteiger partial charge < -0.3 is 35.8 Å². The first kappa shape index (κ1) is 17.5. The number of nitrogens with two attached hydrogens (primary N) is 2. The Morgan fingerprint density at radius 3 is 2.80 bits per heavy atom. The van der Waals surface area contributed by atoms with Crippen molar-refractivity contribution >= 4 is 18.6 Å². The van der Waals surface area contributed by atoms with Gasteiger partial charge in [-0.1, -0.05) is 12.4 Å². The lowest BCUT2D eigenvalue weighted by Crippen LogP contribution is -2.60. The van der Waals surface area contributed by atoms with E-state index in [0.717, 1.165) is 5.56 Å². The Labute approximate surface area is 144 Å². The molecule has 0 unspecified atom stereocenters. The number of carbonyl (C=O) groups excluding carboxylic acids is 2. The fourth-order valence-electron chi connectivity index (χ4n) is 2.95. The highest BCUT2D eigenvalue weighted by atomic mass is 16.6. The van der Waals surface area contributed by atoms with Gasteiger partial charge in [0.05, 0.1) is 31.3 Å². The largest absolute Gasteiger partial charge is 0.670 e. The van der Waals surface area contributed by atoms with E-state index in [0.29, 0.717) is 31.0 Å². The van der Waals surface area contributed by atoms with Crippen molar-refractivity contribution in [2.45, 2.75) is 31.3 Å². The summed E-state index contributed by atoms with van der Waals surface area (Å²) in [5, 5.41) is 19.3. The predicted octanol–water partition coefficient (Wildman–Crippen LogP) is -1.66. The second-order valence-electron chi connectivity index (χ2n) is 6.54. The monoisotopic (exact) mass is 350 g/mol. The summed E-state index contributed by atoms with van der Waals surface area (Å²) in [6, 6.07) is 4.28. The van der Waals surface area contributed by atoms with Crippen LogP contribution in [0.2, 0.25) is 6.32 Å². The molecular weight excluding hydrogens is 329 g/mol. The molecule has 2 aliphatic rings. The lowest BCUT2D eigenvalue weighted by atomic mass is 9.70. The number of nitrogens with zero attached hydrogens (tertiary/aromatic N) is 1. The molecule has 0 radical (unpaired) electrons. The standard InChI is InChI=1S/C15H21BN3O6/c17-12(6-14(18)20)15(21)19-7-11(8-19)24-10-2-1-9-3-4-16(22,23)25-13(9)5-10/h1-2,5,11-12,22-23H,3-4,6-8,17H2,(H2,18,20)/q-1/t12-/m0/s1. The minimum Gasteiger partial charge on any atom is -0.670 e. The Morgan fingerprint density at radius 2 is 2.12 bits per heavy atom. The third kappa shape index (κ3) is 4.03. The Hall–Kier alpha value is -2.30. The molecule has 1 saturated heterocycles. The van der Waals surface area contributed by atoms with Crippen LogP contribution in [0.1, 0.15) is 12.0 Å². The minimum absolute atomic E-state index is 0.165. The lowest BCUT2D eigenvalue weighted by molar-refractivity contribution is -0.142. The number of aryl methyl sites for hydroxylation is 1. The number of ether oxygens (including phenoxy) is 1. The third-order valence-corrected chi connectivity index (χ3v) is 4.34. The van der Waals surface area contributed by atoms with E-state index in [-0.39, 0.29) is 24.8 Å². The molecule has 0 spiro atoms. The summed E-state index contributed by atoms with van der Waals surface area (Å²) < 4.78 is 11.0. The van der Waals surface area contributed by atoms with Crippen LogP contribution >= 0.6 is 0 Å². The SMILES string of the molecule is NC(=O)C[C@H](N)C(=O)N1CC(Oc2ccc3c(c2)O[B-](O)(O)CC3)C1. The van der Waals surface area contributed by atoms with E-state index >= 15 is 0 Å². The van der Waals surface area contributed by atoms with Gasteiger partial charge in [0, 0.05) is 6.07 Å². The van der Waals surface area contributed by atoms with Gasteiger partial charge in [-0.25, -0.2) is 0 Å². The van der Waals surface area contributed by atoms with E-state index in [2.05, 4.69) is 0 Å². The number of primary amides is 1. The summed E-state index contributed by atoms with van der Waals surface area (Å²) in [5.41, 5.74) is 11.6. The second kappa shape index (κ2) is 6.55. The zero-order valence-electron chi connectivity index (χ0n) is 13.6. The van der Waals surface area contributed by atoms with Crippen molar-refractivity contribution in [1.29, 1.82) is 0 Å². The van der Waals surface area contributed by atoms with Gasteiger partial charge in [-0.2, -0.15) is 0 Å². The van der Waals surface area contributed by atoms with Crippen molar-refractivity contribution in [3.05, 3.63) is 23.8 Å². The van der Waals surface area contributed by atoms with E-state index in [9.17, 15) is 19.6 Å². The van der Waals surface area contributed by atoms with Crippen LogP contribution in [0.5, 0.6) is 11.5 Å². The third-order valence-electron chi connectivity index (χ3n) is 4.34. The van der Waals surface area contributed by atoms with Crippen LogP contribution in [0.3, 0.4) is 0 Å². The van der Waals surface area contributed by atoms with Crippen molar-refractivity contribution in [3.63, 3.8) is 0 Å². The maximum atomic E-state index is 12.0. The number of hydrogen-bond acceptors (Lipinski definition) is 7. The molecular formula is C15H21BN3O6-. The predicted molar refractivity (Wildman–Crippen MR) is 88.6 cm³/mol. The number of rotatable bonds is 5. The first-order chi connectivity index (χ1) is 11.7. The molecule has 0 aliphatic carbocycles. The Balaban J connectivity index is 1.54. The van der Waals surface area contributed by atoms with E-state index in [1.807, 2.05) is 6.07 Å². The molecule has 1 atom stereocenters. The van der Waals surface area contributed by atoms with Crippen molar-refractivity contribution in [3.8, 4) is 11.5 Å². The van der Waals surface area contributed by atoms with E-state index in [1.54, 1.807) is 12.1 Å². The molecule has 1 aromatic carbocycles. The van der Waals surface area contributed by atoms with Crippen molar-refractivity contribution in [2.24, 2.45) is 11.5 Å². The summed E-state index contributed by atoms with van der Waals surface area (Å²) in [6.07, 6.45) is 0.296. The van der Waals surface area contributed by atoms with Crippen molar-refractivity contribution in [2.75, 3.05) is 13.1 Å². The lowest BCUT2D eigenvalue weighted by Gasteiger charge is -2.40. The molecule has 0 aromatic heterocycles. The summed E-state index contributed by atoms with van der Waals surface area (Å²) in [6.45, 7) is -2.10. The van der Waals surface area contributed by atoms with E-state index in [1.165, 1.54) is 4.90 Å². The molecule has 136 valence electrons. The van der Waals surface area contributed by atoms with E-state index < -0.39 is 18.7 Å². The summed E-state index contributed by atoms with van der Waals surface area (Å²) in [4.78, 5) is 24.3. The van der Waals surface area contributed by atoms with Gasteiger partial charge >= 0.3 is 6.75 Å². The van der Waals surface area contributed by atoms with Gasteiger partial charge in [0.1, 0.15) is 11.9 Å². The topological polar surface area (TPSA) is 148 Å². The summed E-state index contributed by atoms with van der Waals surface area (Å²) in [5.74, 6) is -0.0376. The molecule has 2 heterocycles. The number of amides is 2. The fourth-order valence-corrected chi connectivity index (χ4v) is 2.95. The maximum Gasteiger partial charge on any atom is 0.430 e. The number of carbonyl (C=O) groups is 2. The summed E-state index contributed by atoms with van der Waals surface area (Å²) in [7, 11) is 0. The molecule has 9 nitrogen and oxygen atoms in total. The molecule has 3 rings (SSSR count). The Kier molecular flexibility index (Phi) is 4.59. The highest BCUT2D eigenvalue weighted by Gasteiger charge is 2.35. The normalized spacial score (nSPS) is 20.0. The van der Waals surface area contributed by atoms with Crippen molar-refractivity contribution < 1.29 is 29.0 Å². The number of hydrogen-bond donors (Lipinski definition) is 4. The van der Waals surface area contributed by atoms with Crippen LogP contribution < -0.4 is 20.9 Å². The average Bonchev–Trinajstić information content (AvgIpc) is 2.47. The maximum absolute atomic E-state index is 12.0. The van der Waals surface area contributed by atoms with Gasteiger partial charge in [-0.05, 0) is 18.1 Å². The van der Waals surface area contributed by atoms with Gasteiger partial charge in [0.2, 0.25) is 11.8 Å². The zero-order chi connectivity index (χ0) is 18.2. The molecule has 0 bridgehead atoms. The van der Waals surface area contributed by atoms with E-state index in [4.69, 9.17) is 20.9 Å². The van der Waals surface area contributed by atoms with Gasteiger partial charge in [0.15, 0.2) is 0 Å². The van der Waals surface area contributed by atoms with Crippen LogP contribution in [-0.2, 0) is 16.0 Å². The molecule has 2 aliphatic heterocycles. The van der Waals surface area contributed by atoms with Gasteiger partial charge in [-0.15, -0.1) is 0 Å². The van der Waals surface area contributed by atoms with Crippen LogP contribution in [0, 0.1) is 0 Å². The first-order valence-corrected chi connectivity index (χ1v) is 8.15. The fraction of sp³-hybridized carbons (Fsp3) is 0.467. The highest BCUT2D eigenvalue weighted by Crippen LogP contribution is 2.33. The minimum atomic E-state index is -2.82. The second-order valence-corrected chi connectivity index (χ2v) is 6.54. The Bertz CT molecular complexity index is 692. The van der Waals surface area contributed by atoms with Crippen molar-refractivity contribution in [1.82, 2.24) is 4.90 Å². The first-order valence-electron chi connectivity index (χ1n) is 8.15. The summed E-state index contributed by atoms with van der Waals surface area (Å²) >= 11 is 0. The van der Waals surface area contributed by atoms with Crippen LogP contribution in [-0.4, -0.2) is 58.8 Å². The zero-order valence-corrected chi connectivity index (χ0v) is 13.6. The number of benzene rings is 1. The van der Waals surface area contributed by atoms with Gasteiger partial charge in [-0.3, -0.25) is 9.59 Å². The molecule has 1 fully saturated rings. The molecule has 2 amide bonds. The highest BCUT2D eigenvalue weighted by molar-refractivity contribution is 6.58. The number of fused-ring (bicyclic) bond motifs is 1. The van der Waals surface area contributed by atoms with Crippen LogP contribution in [0.4, 0.5) is 0 Å². The smallest absolute Gasteiger partial charge is 0.430 e. The van der Waals surface area contributed by atoms with Crippen LogP contribution in [0.25, 0.3) is 0 Å². The molecule has 6 N–H and O–H groups in total. The molecule has 10 heteroatoms. The van der Waals surface area contributed by atoms with Gasteiger partial charge in [0.25, 0.3) is 0 Å². The molecule has 25 heavy (non-hydrogen) atoms. The average molecular weight is 350 g/mol. The molecule has 0 saturated carbocycles. The molecule has 1 aromatic rings.